The zero-order valence-corrected chi connectivity index (χ0v) is 17.8. The van der Waals surface area contributed by atoms with Crippen molar-refractivity contribution in [1.29, 1.82) is 0 Å². The molecule has 0 bridgehead atoms. The summed E-state index contributed by atoms with van der Waals surface area (Å²) in [4.78, 5) is 39.3. The van der Waals surface area contributed by atoms with Crippen LogP contribution >= 0.6 is 0 Å². The topological polar surface area (TPSA) is 78.5 Å². The van der Waals surface area contributed by atoms with Crippen molar-refractivity contribution >= 4 is 29.1 Å². The summed E-state index contributed by atoms with van der Waals surface area (Å²) in [5.41, 5.74) is 2.91. The summed E-state index contributed by atoms with van der Waals surface area (Å²) in [7, 11) is 0. The van der Waals surface area contributed by atoms with Gasteiger partial charge < -0.3 is 15.5 Å². The van der Waals surface area contributed by atoms with Crippen LogP contribution in [0.5, 0.6) is 0 Å². The van der Waals surface area contributed by atoms with E-state index in [0.29, 0.717) is 17.8 Å². The lowest BCUT2D eigenvalue weighted by molar-refractivity contribution is -0.126. The number of hydrogen-bond acceptors (Lipinski definition) is 3. The average molecular weight is 428 g/mol. The molecule has 3 aromatic rings. The lowest BCUT2D eigenvalue weighted by atomic mass is 10.0. The third-order valence-electron chi connectivity index (χ3n) is 5.60. The largest absolute Gasteiger partial charge is 0.349 e. The molecule has 1 aliphatic heterocycles. The third-order valence-corrected chi connectivity index (χ3v) is 5.60. The van der Waals surface area contributed by atoms with Crippen LogP contribution in [0.15, 0.2) is 84.9 Å². The summed E-state index contributed by atoms with van der Waals surface area (Å²) >= 11 is 0. The lowest BCUT2D eigenvalue weighted by Gasteiger charge is -2.19. The number of nitrogens with zero attached hydrogens (tertiary/aromatic N) is 1. The molecule has 1 aliphatic rings. The first-order valence-electron chi connectivity index (χ1n) is 10.6. The molecular formula is C26H25N3O3. The Morgan fingerprint density at radius 2 is 1.62 bits per heavy atom. The molecule has 32 heavy (non-hydrogen) atoms. The predicted molar refractivity (Wildman–Crippen MR) is 124 cm³/mol. The van der Waals surface area contributed by atoms with E-state index in [2.05, 4.69) is 10.6 Å². The molecule has 0 aliphatic carbocycles. The normalized spacial score (nSPS) is 16.5. The molecule has 0 saturated carbocycles. The van der Waals surface area contributed by atoms with Crippen LogP contribution in [-0.2, 0) is 9.59 Å². The molecule has 3 amide bonds. The van der Waals surface area contributed by atoms with Gasteiger partial charge in [-0.2, -0.15) is 0 Å². The van der Waals surface area contributed by atoms with E-state index >= 15 is 0 Å². The summed E-state index contributed by atoms with van der Waals surface area (Å²) in [5.74, 6) is -0.784. The van der Waals surface area contributed by atoms with Gasteiger partial charge >= 0.3 is 0 Å². The maximum atomic E-state index is 12.8. The molecule has 3 aromatic carbocycles. The van der Waals surface area contributed by atoms with Gasteiger partial charge in [0.2, 0.25) is 11.8 Å². The fourth-order valence-corrected chi connectivity index (χ4v) is 3.83. The van der Waals surface area contributed by atoms with Crippen LogP contribution in [0.4, 0.5) is 11.4 Å². The van der Waals surface area contributed by atoms with Crippen molar-refractivity contribution in [3.8, 4) is 0 Å². The Morgan fingerprint density at radius 3 is 2.34 bits per heavy atom. The SMILES string of the molecule is C[C@@H](NC(=O)[C@@H]1CC(=O)N(c2ccccc2)C1)c1cccc(NC(=O)c2ccccc2)c1. The van der Waals surface area contributed by atoms with Crippen molar-refractivity contribution in [3.05, 3.63) is 96.1 Å². The fourth-order valence-electron chi connectivity index (χ4n) is 3.83. The van der Waals surface area contributed by atoms with Crippen LogP contribution in [0.2, 0.25) is 0 Å². The van der Waals surface area contributed by atoms with Crippen molar-refractivity contribution in [2.24, 2.45) is 5.92 Å². The molecule has 162 valence electrons. The molecule has 0 spiro atoms. The lowest BCUT2D eigenvalue weighted by Crippen LogP contribution is -2.34. The molecule has 4 rings (SSSR count). The summed E-state index contributed by atoms with van der Waals surface area (Å²) in [6, 6.07) is 25.5. The number of carbonyl (C=O) groups excluding carboxylic acids is 3. The van der Waals surface area contributed by atoms with E-state index in [1.165, 1.54) is 0 Å². The van der Waals surface area contributed by atoms with Gasteiger partial charge in [-0.25, -0.2) is 0 Å². The van der Waals surface area contributed by atoms with Crippen molar-refractivity contribution in [2.45, 2.75) is 19.4 Å². The average Bonchev–Trinajstić information content (AvgIpc) is 3.22. The van der Waals surface area contributed by atoms with Crippen molar-refractivity contribution < 1.29 is 14.4 Å². The maximum absolute atomic E-state index is 12.8. The van der Waals surface area contributed by atoms with Crippen LogP contribution in [0, 0.1) is 5.92 Å². The minimum absolute atomic E-state index is 0.0466. The number of amides is 3. The van der Waals surface area contributed by atoms with Crippen molar-refractivity contribution in [2.75, 3.05) is 16.8 Å². The molecular weight excluding hydrogens is 402 g/mol. The summed E-state index contributed by atoms with van der Waals surface area (Å²) in [6.45, 7) is 2.26. The summed E-state index contributed by atoms with van der Waals surface area (Å²) in [6.07, 6.45) is 0.195. The summed E-state index contributed by atoms with van der Waals surface area (Å²) in [5, 5.41) is 5.90. The van der Waals surface area contributed by atoms with E-state index in [0.717, 1.165) is 11.3 Å². The second-order valence-electron chi connectivity index (χ2n) is 7.92. The molecule has 6 heteroatoms. The second kappa shape index (κ2) is 9.47. The first-order chi connectivity index (χ1) is 15.5. The molecule has 1 saturated heterocycles. The Kier molecular flexibility index (Phi) is 6.31. The van der Waals surface area contributed by atoms with Crippen LogP contribution in [0.3, 0.4) is 0 Å². The summed E-state index contributed by atoms with van der Waals surface area (Å²) < 4.78 is 0. The van der Waals surface area contributed by atoms with E-state index < -0.39 is 5.92 Å². The Bertz CT molecular complexity index is 1120. The van der Waals surface area contributed by atoms with Gasteiger partial charge in [0.1, 0.15) is 0 Å². The first kappa shape index (κ1) is 21.3. The van der Waals surface area contributed by atoms with Crippen LogP contribution < -0.4 is 15.5 Å². The molecule has 0 aromatic heterocycles. The first-order valence-corrected chi connectivity index (χ1v) is 10.6. The van der Waals surface area contributed by atoms with Crippen molar-refractivity contribution in [3.63, 3.8) is 0 Å². The molecule has 0 radical (unpaired) electrons. The van der Waals surface area contributed by atoms with Crippen LogP contribution in [0.1, 0.15) is 35.3 Å². The van der Waals surface area contributed by atoms with Crippen molar-refractivity contribution in [1.82, 2.24) is 5.32 Å². The van der Waals surface area contributed by atoms with Gasteiger partial charge in [-0.1, -0.05) is 48.5 Å². The Hall–Kier alpha value is -3.93. The van der Waals surface area contributed by atoms with E-state index in [-0.39, 0.29) is 30.2 Å². The minimum atomic E-state index is -0.397. The molecule has 1 fully saturated rings. The maximum Gasteiger partial charge on any atom is 0.255 e. The van der Waals surface area contributed by atoms with Crippen LogP contribution in [-0.4, -0.2) is 24.3 Å². The highest BCUT2D eigenvalue weighted by molar-refractivity contribution is 6.04. The number of nitrogens with one attached hydrogen (secondary N) is 2. The monoisotopic (exact) mass is 427 g/mol. The van der Waals surface area contributed by atoms with E-state index in [4.69, 9.17) is 0 Å². The number of benzene rings is 3. The number of para-hydroxylation sites is 1. The number of carbonyl (C=O) groups is 3. The predicted octanol–water partition coefficient (Wildman–Crippen LogP) is 4.17. The number of anilines is 2. The van der Waals surface area contributed by atoms with Gasteiger partial charge in [0.15, 0.2) is 0 Å². The van der Waals surface area contributed by atoms with Gasteiger partial charge in [-0.05, 0) is 48.9 Å². The van der Waals surface area contributed by atoms with E-state index in [1.54, 1.807) is 17.0 Å². The highest BCUT2D eigenvalue weighted by atomic mass is 16.2. The van der Waals surface area contributed by atoms with Crippen LogP contribution in [0.25, 0.3) is 0 Å². The number of rotatable bonds is 6. The Morgan fingerprint density at radius 1 is 0.938 bits per heavy atom. The van der Waals surface area contributed by atoms with Gasteiger partial charge in [0.05, 0.1) is 12.0 Å². The molecule has 2 atom stereocenters. The second-order valence-corrected chi connectivity index (χ2v) is 7.92. The van der Waals surface area contributed by atoms with Gasteiger partial charge in [-0.15, -0.1) is 0 Å². The fraction of sp³-hybridized carbons (Fsp3) is 0.192. The quantitative estimate of drug-likeness (QED) is 0.620. The highest BCUT2D eigenvalue weighted by Gasteiger charge is 2.35. The standard InChI is InChI=1S/C26H25N3O3/c1-18(20-11-8-12-22(15-20)28-25(31)19-9-4-2-5-10-19)27-26(32)21-16-24(30)29(17-21)23-13-6-3-7-14-23/h2-15,18,21H,16-17H2,1H3,(H,27,32)(H,28,31)/t18-,21-/m1/s1. The van der Waals surface area contributed by atoms with E-state index in [1.807, 2.05) is 79.7 Å². The molecule has 0 unspecified atom stereocenters. The molecule has 6 nitrogen and oxygen atoms in total. The number of hydrogen-bond donors (Lipinski definition) is 2. The van der Waals surface area contributed by atoms with Gasteiger partial charge in [0.25, 0.3) is 5.91 Å². The smallest absolute Gasteiger partial charge is 0.255 e. The zero-order valence-electron chi connectivity index (χ0n) is 17.8. The molecule has 1 heterocycles. The van der Waals surface area contributed by atoms with Gasteiger partial charge in [0, 0.05) is 29.9 Å². The third kappa shape index (κ3) is 4.86. The van der Waals surface area contributed by atoms with Gasteiger partial charge in [-0.3, -0.25) is 14.4 Å². The molecule has 2 N–H and O–H groups in total. The minimum Gasteiger partial charge on any atom is -0.349 e. The van der Waals surface area contributed by atoms with E-state index in [9.17, 15) is 14.4 Å². The Labute approximate surface area is 187 Å². The zero-order chi connectivity index (χ0) is 22.5. The highest BCUT2D eigenvalue weighted by Crippen LogP contribution is 2.26. The Balaban J connectivity index is 1.38.